The van der Waals surface area contributed by atoms with Crippen LogP contribution in [0, 0.1) is 0 Å². The Morgan fingerprint density at radius 2 is 2.22 bits per heavy atom. The Hall–Kier alpha value is -0.830. The van der Waals surface area contributed by atoms with Crippen LogP contribution in [0.1, 0.15) is 0 Å². The van der Waals surface area contributed by atoms with E-state index in [2.05, 4.69) is 15.3 Å². The quantitative estimate of drug-likeness (QED) is 0.642. The van der Waals surface area contributed by atoms with E-state index in [1.807, 2.05) is 0 Å². The number of aromatic nitrogens is 2. The maximum atomic E-state index is 5.47. The first kappa shape index (κ1) is 6.29. The largest absolute Gasteiger partial charge is 0.372 e. The van der Waals surface area contributed by atoms with Gasteiger partial charge in [-0.2, -0.15) is 0 Å². The fourth-order valence-corrected chi connectivity index (χ4v) is 0.539. The third kappa shape index (κ3) is 1.54. The number of hydrogen-bond acceptors (Lipinski definition) is 3. The molecule has 0 fully saturated rings. The van der Waals surface area contributed by atoms with Crippen molar-refractivity contribution in [2.45, 2.75) is 0 Å². The van der Waals surface area contributed by atoms with Gasteiger partial charge in [0, 0.05) is 7.05 Å². The van der Waals surface area contributed by atoms with Gasteiger partial charge in [-0.1, -0.05) is 11.6 Å². The Kier molecular flexibility index (Phi) is 1.85. The van der Waals surface area contributed by atoms with E-state index in [0.717, 1.165) is 5.82 Å². The Morgan fingerprint density at radius 3 is 2.67 bits per heavy atom. The molecule has 1 heterocycles. The molecule has 0 saturated carbocycles. The summed E-state index contributed by atoms with van der Waals surface area (Å²) in [6, 6.07) is 0. The lowest BCUT2D eigenvalue weighted by Gasteiger charge is -1.94. The molecule has 0 saturated heterocycles. The number of rotatable bonds is 1. The summed E-state index contributed by atoms with van der Waals surface area (Å²) >= 11 is 5.47. The number of hydrogen-bond donors (Lipinski definition) is 1. The molecule has 48 valence electrons. The summed E-state index contributed by atoms with van der Waals surface area (Å²) in [5.41, 5.74) is 0. The molecule has 0 aliphatic carbocycles. The fourth-order valence-electron chi connectivity index (χ4n) is 0.441. The van der Waals surface area contributed by atoms with E-state index < -0.39 is 0 Å². The highest BCUT2D eigenvalue weighted by atomic mass is 35.5. The molecule has 1 aromatic rings. The normalized spacial score (nSPS) is 9.11. The maximum Gasteiger partial charge on any atom is 0.147 e. The minimum atomic E-state index is 0.411. The molecule has 0 aliphatic rings. The van der Waals surface area contributed by atoms with Gasteiger partial charge in [0.2, 0.25) is 0 Å². The predicted octanol–water partition coefficient (Wildman–Crippen LogP) is 1.17. The van der Waals surface area contributed by atoms with Crippen LogP contribution < -0.4 is 5.32 Å². The first-order chi connectivity index (χ1) is 4.33. The van der Waals surface area contributed by atoms with Gasteiger partial charge in [0.05, 0.1) is 12.4 Å². The Bertz CT molecular complexity index is 184. The van der Waals surface area contributed by atoms with Gasteiger partial charge in [0.15, 0.2) is 0 Å². The Labute approximate surface area is 58.1 Å². The summed E-state index contributed by atoms with van der Waals surface area (Å²) in [5, 5.41) is 3.23. The van der Waals surface area contributed by atoms with Gasteiger partial charge in [0.1, 0.15) is 11.0 Å². The van der Waals surface area contributed by atoms with E-state index in [1.54, 1.807) is 13.2 Å². The van der Waals surface area contributed by atoms with Crippen molar-refractivity contribution >= 4 is 17.4 Å². The van der Waals surface area contributed by atoms with Crippen molar-refractivity contribution in [2.24, 2.45) is 0 Å². The third-order valence-electron chi connectivity index (χ3n) is 0.876. The highest BCUT2D eigenvalue weighted by Gasteiger charge is 1.88. The topological polar surface area (TPSA) is 37.8 Å². The summed E-state index contributed by atoms with van der Waals surface area (Å²) in [5.74, 6) is 0.722. The lowest BCUT2D eigenvalue weighted by atomic mass is 10.7. The van der Waals surface area contributed by atoms with E-state index >= 15 is 0 Å². The summed E-state index contributed by atoms with van der Waals surface area (Å²) < 4.78 is 0. The van der Waals surface area contributed by atoms with Crippen LogP contribution in [-0.2, 0) is 0 Å². The van der Waals surface area contributed by atoms with Crippen molar-refractivity contribution in [1.82, 2.24) is 9.97 Å². The minimum absolute atomic E-state index is 0.411. The van der Waals surface area contributed by atoms with E-state index in [9.17, 15) is 0 Å². The van der Waals surface area contributed by atoms with Crippen molar-refractivity contribution in [3.63, 3.8) is 0 Å². The summed E-state index contributed by atoms with van der Waals surface area (Å²) in [4.78, 5) is 7.68. The number of anilines is 1. The lowest BCUT2D eigenvalue weighted by molar-refractivity contribution is 1.19. The second kappa shape index (κ2) is 2.64. The molecule has 0 aromatic carbocycles. The molecule has 1 N–H and O–H groups in total. The van der Waals surface area contributed by atoms with Crippen LogP contribution >= 0.6 is 11.6 Å². The minimum Gasteiger partial charge on any atom is -0.372 e. The highest BCUT2D eigenvalue weighted by Crippen LogP contribution is 2.03. The number of nitrogens with one attached hydrogen (secondary N) is 1. The summed E-state index contributed by atoms with van der Waals surface area (Å²) in [6.07, 6.45) is 3.07. The van der Waals surface area contributed by atoms with Gasteiger partial charge in [0.25, 0.3) is 0 Å². The molecule has 0 aliphatic heterocycles. The van der Waals surface area contributed by atoms with Crippen molar-refractivity contribution in [1.29, 1.82) is 0 Å². The van der Waals surface area contributed by atoms with Gasteiger partial charge in [-0.15, -0.1) is 0 Å². The monoisotopic (exact) mass is 143 g/mol. The van der Waals surface area contributed by atoms with E-state index in [1.165, 1.54) is 6.20 Å². The summed E-state index contributed by atoms with van der Waals surface area (Å²) in [6.45, 7) is 0. The molecule has 0 bridgehead atoms. The SMILES string of the molecule is CNc1cnc(Cl)cn1. The van der Waals surface area contributed by atoms with Crippen LogP contribution in [0.5, 0.6) is 0 Å². The van der Waals surface area contributed by atoms with Crippen molar-refractivity contribution in [3.8, 4) is 0 Å². The molecule has 9 heavy (non-hydrogen) atoms. The summed E-state index contributed by atoms with van der Waals surface area (Å²) in [7, 11) is 1.78. The molecule has 0 spiro atoms. The van der Waals surface area contributed by atoms with E-state index in [-0.39, 0.29) is 0 Å². The first-order valence-electron chi connectivity index (χ1n) is 2.48. The van der Waals surface area contributed by atoms with Crippen LogP contribution in [-0.4, -0.2) is 17.0 Å². The highest BCUT2D eigenvalue weighted by molar-refractivity contribution is 6.29. The van der Waals surface area contributed by atoms with E-state index in [4.69, 9.17) is 11.6 Å². The Morgan fingerprint density at radius 1 is 1.44 bits per heavy atom. The van der Waals surface area contributed by atoms with Gasteiger partial charge < -0.3 is 5.32 Å². The second-order valence-electron chi connectivity index (χ2n) is 1.47. The van der Waals surface area contributed by atoms with Crippen molar-refractivity contribution < 1.29 is 0 Å². The third-order valence-corrected chi connectivity index (χ3v) is 1.07. The zero-order chi connectivity index (χ0) is 6.69. The van der Waals surface area contributed by atoms with Crippen LogP contribution in [0.25, 0.3) is 0 Å². The molecular formula is C5H6ClN3. The standard InChI is InChI=1S/C5H6ClN3/c1-7-5-3-8-4(6)2-9-5/h2-3H,1H3,(H,7,9). The van der Waals surface area contributed by atoms with Gasteiger partial charge in [-0.05, 0) is 0 Å². The molecule has 0 radical (unpaired) electrons. The molecular weight excluding hydrogens is 138 g/mol. The average molecular weight is 144 g/mol. The smallest absolute Gasteiger partial charge is 0.147 e. The Balaban J connectivity index is 2.88. The number of halogens is 1. The zero-order valence-electron chi connectivity index (χ0n) is 4.93. The van der Waals surface area contributed by atoms with Crippen molar-refractivity contribution in [2.75, 3.05) is 12.4 Å². The fraction of sp³-hybridized carbons (Fsp3) is 0.200. The van der Waals surface area contributed by atoms with E-state index in [0.29, 0.717) is 5.15 Å². The second-order valence-corrected chi connectivity index (χ2v) is 1.86. The first-order valence-corrected chi connectivity index (χ1v) is 2.86. The lowest BCUT2D eigenvalue weighted by Crippen LogP contribution is -1.91. The maximum absolute atomic E-state index is 5.47. The average Bonchev–Trinajstić information content (AvgIpc) is 1.90. The molecule has 0 amide bonds. The predicted molar refractivity (Wildman–Crippen MR) is 36.6 cm³/mol. The molecule has 1 rings (SSSR count). The van der Waals surface area contributed by atoms with Crippen LogP contribution in [0.4, 0.5) is 5.82 Å². The van der Waals surface area contributed by atoms with Gasteiger partial charge >= 0.3 is 0 Å². The van der Waals surface area contributed by atoms with Crippen LogP contribution in [0.3, 0.4) is 0 Å². The zero-order valence-corrected chi connectivity index (χ0v) is 5.68. The molecule has 0 atom stereocenters. The van der Waals surface area contributed by atoms with Crippen LogP contribution in [0.15, 0.2) is 12.4 Å². The molecule has 4 heteroatoms. The molecule has 0 unspecified atom stereocenters. The van der Waals surface area contributed by atoms with Gasteiger partial charge in [-0.25, -0.2) is 9.97 Å². The molecule has 3 nitrogen and oxygen atoms in total. The number of nitrogens with zero attached hydrogens (tertiary/aromatic N) is 2. The van der Waals surface area contributed by atoms with Crippen molar-refractivity contribution in [3.05, 3.63) is 17.5 Å². The molecule has 1 aromatic heterocycles. The van der Waals surface area contributed by atoms with Gasteiger partial charge in [-0.3, -0.25) is 0 Å². The van der Waals surface area contributed by atoms with Crippen LogP contribution in [0.2, 0.25) is 5.15 Å².